The van der Waals surface area contributed by atoms with Gasteiger partial charge in [-0.1, -0.05) is 36.4 Å². The SMILES string of the molecule is Cc1ccccc1NS(=O)(=O)c1ccc(Oc2ccc(S(=O)(=O)Nc3ccccc3C)cc2)cc1. The van der Waals surface area contributed by atoms with Crippen LogP contribution >= 0.6 is 0 Å². The van der Waals surface area contributed by atoms with Gasteiger partial charge in [0.2, 0.25) is 0 Å². The number of hydrogen-bond donors (Lipinski definition) is 2. The van der Waals surface area contributed by atoms with Gasteiger partial charge in [0.25, 0.3) is 20.0 Å². The van der Waals surface area contributed by atoms with E-state index in [0.717, 1.165) is 11.1 Å². The summed E-state index contributed by atoms with van der Waals surface area (Å²) in [6, 6.07) is 26.2. The summed E-state index contributed by atoms with van der Waals surface area (Å²) in [4.78, 5) is 0.189. The lowest BCUT2D eigenvalue weighted by Crippen LogP contribution is -2.13. The number of para-hydroxylation sites is 2. The maximum atomic E-state index is 12.7. The molecule has 0 heterocycles. The highest BCUT2D eigenvalue weighted by molar-refractivity contribution is 7.93. The van der Waals surface area contributed by atoms with Gasteiger partial charge in [-0.2, -0.15) is 0 Å². The highest BCUT2D eigenvalue weighted by Gasteiger charge is 2.17. The predicted octanol–water partition coefficient (Wildman–Crippen LogP) is 5.70. The van der Waals surface area contributed by atoms with Gasteiger partial charge in [0, 0.05) is 0 Å². The average Bonchev–Trinajstić information content (AvgIpc) is 2.83. The lowest BCUT2D eigenvalue weighted by atomic mass is 10.2. The van der Waals surface area contributed by atoms with Crippen LogP contribution in [0.1, 0.15) is 11.1 Å². The minimum atomic E-state index is -3.76. The first-order valence-electron chi connectivity index (χ1n) is 10.7. The minimum Gasteiger partial charge on any atom is -0.457 e. The van der Waals surface area contributed by atoms with Crippen molar-refractivity contribution in [3.8, 4) is 11.5 Å². The lowest BCUT2D eigenvalue weighted by molar-refractivity contribution is 0.481. The fraction of sp³-hybridized carbons (Fsp3) is 0.0769. The molecule has 35 heavy (non-hydrogen) atoms. The van der Waals surface area contributed by atoms with Gasteiger partial charge in [0.15, 0.2) is 0 Å². The van der Waals surface area contributed by atoms with E-state index in [1.807, 2.05) is 38.1 Å². The summed E-state index contributed by atoms with van der Waals surface area (Å²) in [5.41, 5.74) is 2.66. The van der Waals surface area contributed by atoms with E-state index in [-0.39, 0.29) is 9.79 Å². The molecule has 0 amide bonds. The van der Waals surface area contributed by atoms with Crippen LogP contribution in [0.5, 0.6) is 11.5 Å². The second-order valence-corrected chi connectivity index (χ2v) is 11.3. The van der Waals surface area contributed by atoms with Crippen LogP contribution in [0.25, 0.3) is 0 Å². The lowest BCUT2D eigenvalue weighted by Gasteiger charge is -2.12. The maximum Gasteiger partial charge on any atom is 0.261 e. The molecular weight excluding hydrogens is 484 g/mol. The zero-order chi connectivity index (χ0) is 25.1. The second kappa shape index (κ2) is 9.81. The smallest absolute Gasteiger partial charge is 0.261 e. The van der Waals surface area contributed by atoms with Crippen molar-refractivity contribution in [2.45, 2.75) is 23.6 Å². The summed E-state index contributed by atoms with van der Waals surface area (Å²) in [6.07, 6.45) is 0. The van der Waals surface area contributed by atoms with Crippen molar-refractivity contribution in [2.75, 3.05) is 9.44 Å². The summed E-state index contributed by atoms with van der Waals surface area (Å²) < 4.78 is 61.7. The molecule has 0 saturated carbocycles. The van der Waals surface area contributed by atoms with Crippen molar-refractivity contribution in [1.82, 2.24) is 0 Å². The number of nitrogens with one attached hydrogen (secondary N) is 2. The first-order chi connectivity index (χ1) is 16.6. The van der Waals surface area contributed by atoms with Crippen molar-refractivity contribution in [1.29, 1.82) is 0 Å². The summed E-state index contributed by atoms with van der Waals surface area (Å²) in [6.45, 7) is 3.65. The Kier molecular flexibility index (Phi) is 6.81. The third-order valence-corrected chi connectivity index (χ3v) is 8.05. The van der Waals surface area contributed by atoms with E-state index in [2.05, 4.69) is 9.44 Å². The fourth-order valence-corrected chi connectivity index (χ4v) is 5.55. The van der Waals surface area contributed by atoms with Gasteiger partial charge >= 0.3 is 0 Å². The summed E-state index contributed by atoms with van der Waals surface area (Å²) in [7, 11) is -7.51. The van der Waals surface area contributed by atoms with Crippen LogP contribution in [0.4, 0.5) is 11.4 Å². The van der Waals surface area contributed by atoms with E-state index in [1.165, 1.54) is 48.5 Å². The zero-order valence-corrected chi connectivity index (χ0v) is 20.7. The Bertz CT molecular complexity index is 1430. The topological polar surface area (TPSA) is 102 Å². The monoisotopic (exact) mass is 508 g/mol. The number of ether oxygens (including phenoxy) is 1. The van der Waals surface area contributed by atoms with Gasteiger partial charge < -0.3 is 4.74 Å². The molecule has 4 aromatic carbocycles. The van der Waals surface area contributed by atoms with Crippen LogP contribution < -0.4 is 14.2 Å². The number of benzene rings is 4. The maximum absolute atomic E-state index is 12.7. The van der Waals surface area contributed by atoms with Crippen LogP contribution in [-0.2, 0) is 20.0 Å². The van der Waals surface area contributed by atoms with Gasteiger partial charge in [-0.25, -0.2) is 16.8 Å². The minimum absolute atomic E-state index is 0.0943. The van der Waals surface area contributed by atoms with Gasteiger partial charge in [0.05, 0.1) is 21.2 Å². The Morgan fingerprint density at radius 1 is 0.514 bits per heavy atom. The highest BCUT2D eigenvalue weighted by Crippen LogP contribution is 2.26. The van der Waals surface area contributed by atoms with E-state index in [0.29, 0.717) is 22.9 Å². The van der Waals surface area contributed by atoms with E-state index >= 15 is 0 Å². The number of aryl methyl sites for hydroxylation is 2. The molecular formula is C26H24N2O5S2. The number of rotatable bonds is 8. The molecule has 0 aliphatic heterocycles. The van der Waals surface area contributed by atoms with Crippen LogP contribution in [0, 0.1) is 13.8 Å². The van der Waals surface area contributed by atoms with Crippen LogP contribution in [-0.4, -0.2) is 16.8 Å². The second-order valence-electron chi connectivity index (χ2n) is 7.89. The molecule has 0 aliphatic rings. The zero-order valence-electron chi connectivity index (χ0n) is 19.1. The van der Waals surface area contributed by atoms with Crippen molar-refractivity contribution >= 4 is 31.4 Å². The molecule has 0 fully saturated rings. The molecule has 4 rings (SSSR count). The molecule has 0 saturated heterocycles. The van der Waals surface area contributed by atoms with E-state index in [1.54, 1.807) is 24.3 Å². The molecule has 7 nitrogen and oxygen atoms in total. The van der Waals surface area contributed by atoms with Gasteiger partial charge in [-0.15, -0.1) is 0 Å². The molecule has 0 spiro atoms. The molecule has 0 radical (unpaired) electrons. The number of sulfonamides is 2. The molecule has 0 atom stereocenters. The Morgan fingerprint density at radius 3 is 1.20 bits per heavy atom. The van der Waals surface area contributed by atoms with Crippen molar-refractivity contribution < 1.29 is 21.6 Å². The molecule has 9 heteroatoms. The highest BCUT2D eigenvalue weighted by atomic mass is 32.2. The first kappa shape index (κ1) is 24.3. The van der Waals surface area contributed by atoms with Crippen LogP contribution in [0.3, 0.4) is 0 Å². The van der Waals surface area contributed by atoms with Gasteiger partial charge in [0.1, 0.15) is 11.5 Å². The fourth-order valence-electron chi connectivity index (χ4n) is 3.29. The molecule has 2 N–H and O–H groups in total. The largest absolute Gasteiger partial charge is 0.457 e. The van der Waals surface area contributed by atoms with Crippen molar-refractivity contribution in [3.05, 3.63) is 108 Å². The van der Waals surface area contributed by atoms with Crippen LogP contribution in [0.2, 0.25) is 0 Å². The average molecular weight is 509 g/mol. The summed E-state index contributed by atoms with van der Waals surface area (Å²) in [5, 5.41) is 0. The quantitative estimate of drug-likeness (QED) is 0.318. The predicted molar refractivity (Wildman–Crippen MR) is 137 cm³/mol. The Morgan fingerprint density at radius 2 is 0.857 bits per heavy atom. The van der Waals surface area contributed by atoms with Crippen LogP contribution in [0.15, 0.2) is 107 Å². The molecule has 180 valence electrons. The van der Waals surface area contributed by atoms with Gasteiger partial charge in [-0.3, -0.25) is 9.44 Å². The molecule has 0 aliphatic carbocycles. The Hall–Kier alpha value is -3.82. The third kappa shape index (κ3) is 5.82. The molecule has 0 bridgehead atoms. The third-order valence-electron chi connectivity index (χ3n) is 5.28. The van der Waals surface area contributed by atoms with Crippen molar-refractivity contribution in [2.24, 2.45) is 0 Å². The normalized spacial score (nSPS) is 11.6. The van der Waals surface area contributed by atoms with Crippen molar-refractivity contribution in [3.63, 3.8) is 0 Å². The van der Waals surface area contributed by atoms with E-state index in [4.69, 9.17) is 4.74 Å². The van der Waals surface area contributed by atoms with E-state index in [9.17, 15) is 16.8 Å². The Balaban J connectivity index is 1.44. The standard InChI is InChI=1S/C26H24N2O5S2/c1-19-7-3-5-9-25(19)27-34(29,30)23-15-11-21(12-16-23)33-22-13-17-24(18-14-22)35(31,32)28-26-10-6-4-8-20(26)2/h3-18,27-28H,1-2H3. The molecule has 4 aromatic rings. The van der Waals surface area contributed by atoms with E-state index < -0.39 is 20.0 Å². The number of anilines is 2. The van der Waals surface area contributed by atoms with Gasteiger partial charge in [-0.05, 0) is 85.6 Å². The summed E-state index contributed by atoms with van der Waals surface area (Å²) >= 11 is 0. The number of hydrogen-bond acceptors (Lipinski definition) is 5. The molecule has 0 unspecified atom stereocenters. The first-order valence-corrected chi connectivity index (χ1v) is 13.7. The summed E-state index contributed by atoms with van der Waals surface area (Å²) in [5.74, 6) is 0.821. The Labute approximate surface area is 205 Å². The molecule has 0 aromatic heterocycles.